The molecular weight excluding hydrogens is 376 g/mol. The quantitative estimate of drug-likeness (QED) is 0.407. The molecule has 4 heteroatoms. The van der Waals surface area contributed by atoms with Gasteiger partial charge < -0.3 is 4.74 Å². The van der Waals surface area contributed by atoms with Crippen molar-refractivity contribution in [3.63, 3.8) is 0 Å². The largest absolute Gasteiger partial charge is 0.421 e. The standard InChI is InChI=1S/C19H12BrClO2/c20-14-10-11-18(17(21)12-14)23-19(22)16-9-5-4-8-15(16)13-6-2-1-3-7-13/h1-12H. The van der Waals surface area contributed by atoms with Crippen LogP contribution in [0.25, 0.3) is 11.1 Å². The number of carbonyl (C=O) groups excluding carboxylic acids is 1. The van der Waals surface area contributed by atoms with E-state index < -0.39 is 5.97 Å². The van der Waals surface area contributed by atoms with Gasteiger partial charge in [0.1, 0.15) is 5.75 Å². The normalized spacial score (nSPS) is 10.3. The second-order valence-electron chi connectivity index (χ2n) is 4.88. The van der Waals surface area contributed by atoms with E-state index in [1.165, 1.54) is 0 Å². The van der Waals surface area contributed by atoms with Crippen LogP contribution in [-0.4, -0.2) is 5.97 Å². The Kier molecular flexibility index (Phi) is 4.79. The lowest BCUT2D eigenvalue weighted by molar-refractivity contribution is 0.0735. The molecule has 3 aromatic carbocycles. The van der Waals surface area contributed by atoms with Crippen molar-refractivity contribution < 1.29 is 9.53 Å². The van der Waals surface area contributed by atoms with Crippen LogP contribution in [0, 0.1) is 0 Å². The summed E-state index contributed by atoms with van der Waals surface area (Å²) in [7, 11) is 0. The zero-order valence-corrected chi connectivity index (χ0v) is 14.3. The van der Waals surface area contributed by atoms with E-state index in [2.05, 4.69) is 15.9 Å². The van der Waals surface area contributed by atoms with Gasteiger partial charge in [0, 0.05) is 4.47 Å². The van der Waals surface area contributed by atoms with Gasteiger partial charge in [-0.25, -0.2) is 4.79 Å². The minimum Gasteiger partial charge on any atom is -0.421 e. The number of hydrogen-bond donors (Lipinski definition) is 0. The highest BCUT2D eigenvalue weighted by Gasteiger charge is 2.16. The van der Waals surface area contributed by atoms with Gasteiger partial charge in [0.05, 0.1) is 10.6 Å². The number of esters is 1. The third-order valence-corrected chi connectivity index (χ3v) is 4.12. The minimum atomic E-state index is -0.436. The Hall–Kier alpha value is -2.10. The molecule has 0 saturated carbocycles. The second kappa shape index (κ2) is 6.99. The van der Waals surface area contributed by atoms with Gasteiger partial charge in [0.25, 0.3) is 0 Å². The lowest BCUT2D eigenvalue weighted by Crippen LogP contribution is -2.10. The number of benzene rings is 3. The van der Waals surface area contributed by atoms with Crippen LogP contribution in [-0.2, 0) is 0 Å². The molecular formula is C19H12BrClO2. The Morgan fingerprint density at radius 3 is 2.35 bits per heavy atom. The smallest absolute Gasteiger partial charge is 0.344 e. The number of ether oxygens (including phenoxy) is 1. The second-order valence-corrected chi connectivity index (χ2v) is 6.20. The Morgan fingerprint density at radius 2 is 1.61 bits per heavy atom. The summed E-state index contributed by atoms with van der Waals surface area (Å²) in [5.74, 6) is -0.101. The SMILES string of the molecule is O=C(Oc1ccc(Br)cc1Cl)c1ccccc1-c1ccccc1. The predicted molar refractivity (Wildman–Crippen MR) is 96.0 cm³/mol. The molecule has 0 radical (unpaired) electrons. The van der Waals surface area contributed by atoms with Crippen molar-refractivity contribution in [2.75, 3.05) is 0 Å². The first-order chi connectivity index (χ1) is 11.1. The minimum absolute atomic E-state index is 0.336. The Labute approximate surface area is 147 Å². The molecule has 0 heterocycles. The molecule has 0 amide bonds. The van der Waals surface area contributed by atoms with Gasteiger partial charge in [-0.2, -0.15) is 0 Å². The van der Waals surface area contributed by atoms with Crippen LogP contribution in [0.2, 0.25) is 5.02 Å². The molecule has 0 saturated heterocycles. The average Bonchev–Trinajstić information content (AvgIpc) is 2.58. The average molecular weight is 388 g/mol. The van der Waals surface area contributed by atoms with E-state index in [0.29, 0.717) is 16.3 Å². The molecule has 3 aromatic rings. The lowest BCUT2D eigenvalue weighted by Gasteiger charge is -2.10. The van der Waals surface area contributed by atoms with Crippen LogP contribution in [0.4, 0.5) is 0 Å². The molecule has 23 heavy (non-hydrogen) atoms. The fourth-order valence-corrected chi connectivity index (χ4v) is 2.96. The van der Waals surface area contributed by atoms with E-state index in [9.17, 15) is 4.79 Å². The number of carbonyl (C=O) groups is 1. The molecule has 114 valence electrons. The van der Waals surface area contributed by atoms with E-state index in [4.69, 9.17) is 16.3 Å². The summed E-state index contributed by atoms with van der Waals surface area (Å²) in [6.07, 6.45) is 0. The third kappa shape index (κ3) is 3.63. The van der Waals surface area contributed by atoms with Crippen LogP contribution < -0.4 is 4.74 Å². The Bertz CT molecular complexity index is 847. The fourth-order valence-electron chi connectivity index (χ4n) is 2.24. The van der Waals surface area contributed by atoms with Gasteiger partial charge >= 0.3 is 5.97 Å². The zero-order chi connectivity index (χ0) is 16.2. The maximum absolute atomic E-state index is 12.6. The van der Waals surface area contributed by atoms with Crippen molar-refractivity contribution in [3.05, 3.63) is 87.9 Å². The Morgan fingerprint density at radius 1 is 0.913 bits per heavy atom. The van der Waals surface area contributed by atoms with Crippen LogP contribution in [0.3, 0.4) is 0 Å². The number of halogens is 2. The summed E-state index contributed by atoms with van der Waals surface area (Å²) in [6.45, 7) is 0. The third-order valence-electron chi connectivity index (χ3n) is 3.33. The van der Waals surface area contributed by atoms with Gasteiger partial charge in [-0.3, -0.25) is 0 Å². The molecule has 0 aliphatic carbocycles. The van der Waals surface area contributed by atoms with Crippen molar-refractivity contribution in [1.82, 2.24) is 0 Å². The molecule has 0 fully saturated rings. The van der Waals surface area contributed by atoms with E-state index in [0.717, 1.165) is 15.6 Å². The van der Waals surface area contributed by atoms with Crippen LogP contribution >= 0.6 is 27.5 Å². The fraction of sp³-hybridized carbons (Fsp3) is 0. The first-order valence-electron chi connectivity index (χ1n) is 6.97. The molecule has 3 rings (SSSR count). The highest BCUT2D eigenvalue weighted by molar-refractivity contribution is 9.10. The summed E-state index contributed by atoms with van der Waals surface area (Å²) in [5, 5.41) is 0.380. The van der Waals surface area contributed by atoms with Crippen molar-refractivity contribution in [2.24, 2.45) is 0 Å². The summed E-state index contributed by atoms with van der Waals surface area (Å²) in [6, 6.07) is 22.2. The summed E-state index contributed by atoms with van der Waals surface area (Å²) < 4.78 is 6.28. The zero-order valence-electron chi connectivity index (χ0n) is 12.0. The van der Waals surface area contributed by atoms with Gasteiger partial charge in [-0.1, -0.05) is 76.1 Å². The van der Waals surface area contributed by atoms with Crippen molar-refractivity contribution in [2.45, 2.75) is 0 Å². The molecule has 0 aliphatic heterocycles. The summed E-state index contributed by atoms with van der Waals surface area (Å²) >= 11 is 9.44. The molecule has 0 aromatic heterocycles. The highest BCUT2D eigenvalue weighted by Crippen LogP contribution is 2.30. The van der Waals surface area contributed by atoms with E-state index in [1.807, 2.05) is 48.5 Å². The molecule has 0 unspecified atom stereocenters. The van der Waals surface area contributed by atoms with Gasteiger partial charge in [-0.05, 0) is 35.4 Å². The summed E-state index contributed by atoms with van der Waals surface area (Å²) in [5.41, 5.74) is 2.28. The van der Waals surface area contributed by atoms with E-state index in [1.54, 1.807) is 24.3 Å². The van der Waals surface area contributed by atoms with Gasteiger partial charge in [-0.15, -0.1) is 0 Å². The Balaban J connectivity index is 1.94. The molecule has 0 N–H and O–H groups in total. The summed E-state index contributed by atoms with van der Waals surface area (Å²) in [4.78, 5) is 12.6. The number of hydrogen-bond acceptors (Lipinski definition) is 2. The van der Waals surface area contributed by atoms with Crippen molar-refractivity contribution in [1.29, 1.82) is 0 Å². The van der Waals surface area contributed by atoms with Crippen molar-refractivity contribution >= 4 is 33.5 Å². The monoisotopic (exact) mass is 386 g/mol. The predicted octanol–water partition coefficient (Wildman–Crippen LogP) is 5.99. The molecule has 2 nitrogen and oxygen atoms in total. The molecule has 0 aliphatic rings. The molecule has 0 spiro atoms. The van der Waals surface area contributed by atoms with Gasteiger partial charge in [0.2, 0.25) is 0 Å². The van der Waals surface area contributed by atoms with E-state index in [-0.39, 0.29) is 0 Å². The van der Waals surface area contributed by atoms with Crippen LogP contribution in [0.1, 0.15) is 10.4 Å². The lowest BCUT2D eigenvalue weighted by atomic mass is 10.00. The van der Waals surface area contributed by atoms with Crippen molar-refractivity contribution in [3.8, 4) is 16.9 Å². The first-order valence-corrected chi connectivity index (χ1v) is 8.14. The highest BCUT2D eigenvalue weighted by atomic mass is 79.9. The van der Waals surface area contributed by atoms with Crippen LogP contribution in [0.5, 0.6) is 5.75 Å². The van der Waals surface area contributed by atoms with Gasteiger partial charge in [0.15, 0.2) is 0 Å². The molecule has 0 atom stereocenters. The van der Waals surface area contributed by atoms with Crippen LogP contribution in [0.15, 0.2) is 77.3 Å². The number of rotatable bonds is 3. The molecule has 0 bridgehead atoms. The van der Waals surface area contributed by atoms with E-state index >= 15 is 0 Å². The maximum atomic E-state index is 12.6. The topological polar surface area (TPSA) is 26.3 Å². The first kappa shape index (κ1) is 15.8. The maximum Gasteiger partial charge on any atom is 0.344 e.